The van der Waals surface area contributed by atoms with Crippen molar-refractivity contribution in [1.82, 2.24) is 10.2 Å². The van der Waals surface area contributed by atoms with Gasteiger partial charge in [-0.25, -0.2) is 0 Å². The molecule has 152 valence electrons. The molecule has 0 aromatic heterocycles. The van der Waals surface area contributed by atoms with Gasteiger partial charge in [0, 0.05) is 31.0 Å². The molecule has 5 nitrogen and oxygen atoms in total. The standard InChI is InChI=1S/C23H32N2O3/c26-22(24-19-12-13-19)20-10-4-5-11-21(20)28-16-17-7-6-14-25(15-17)23(27)18-8-2-1-3-9-18/h4-5,10-11,17-19H,1-3,6-9,12-16H2,(H,24,26). The Morgan fingerprint density at radius 1 is 1.00 bits per heavy atom. The number of rotatable bonds is 6. The molecule has 3 aliphatic rings. The summed E-state index contributed by atoms with van der Waals surface area (Å²) in [6.07, 6.45) is 10.0. The van der Waals surface area contributed by atoms with E-state index in [1.807, 2.05) is 24.3 Å². The van der Waals surface area contributed by atoms with Crippen molar-refractivity contribution in [3.8, 4) is 5.75 Å². The Kier molecular flexibility index (Phi) is 6.18. The third-order valence-corrected chi connectivity index (χ3v) is 6.30. The summed E-state index contributed by atoms with van der Waals surface area (Å²) in [6, 6.07) is 7.81. The molecule has 1 saturated heterocycles. The minimum absolute atomic E-state index is 0.0455. The summed E-state index contributed by atoms with van der Waals surface area (Å²) in [5.74, 6) is 1.53. The van der Waals surface area contributed by atoms with Gasteiger partial charge in [-0.05, 0) is 50.7 Å². The Balaban J connectivity index is 1.32. The molecule has 1 aromatic carbocycles. The smallest absolute Gasteiger partial charge is 0.255 e. The van der Waals surface area contributed by atoms with Crippen molar-refractivity contribution in [2.24, 2.45) is 11.8 Å². The molecular formula is C23H32N2O3. The summed E-state index contributed by atoms with van der Waals surface area (Å²) in [6.45, 7) is 2.22. The third kappa shape index (κ3) is 4.86. The van der Waals surface area contributed by atoms with E-state index < -0.39 is 0 Å². The molecule has 2 saturated carbocycles. The van der Waals surface area contributed by atoms with Crippen LogP contribution in [0.15, 0.2) is 24.3 Å². The number of piperidine rings is 1. The monoisotopic (exact) mass is 384 g/mol. The van der Waals surface area contributed by atoms with Gasteiger partial charge in [0.1, 0.15) is 5.75 Å². The molecule has 1 unspecified atom stereocenters. The number of carbonyl (C=O) groups excluding carboxylic acids is 2. The second kappa shape index (κ2) is 8.97. The molecular weight excluding hydrogens is 352 g/mol. The Labute approximate surface area is 167 Å². The summed E-state index contributed by atoms with van der Waals surface area (Å²) in [5, 5.41) is 3.04. The molecule has 0 bridgehead atoms. The highest BCUT2D eigenvalue weighted by Crippen LogP contribution is 2.28. The lowest BCUT2D eigenvalue weighted by atomic mass is 9.87. The molecule has 1 atom stereocenters. The number of carbonyl (C=O) groups is 2. The Morgan fingerprint density at radius 2 is 1.79 bits per heavy atom. The number of hydrogen-bond acceptors (Lipinski definition) is 3. The maximum atomic E-state index is 12.9. The highest BCUT2D eigenvalue weighted by molar-refractivity contribution is 5.97. The van der Waals surface area contributed by atoms with Gasteiger partial charge in [0.15, 0.2) is 0 Å². The maximum absolute atomic E-state index is 12.9. The fraction of sp³-hybridized carbons (Fsp3) is 0.652. The van der Waals surface area contributed by atoms with E-state index in [0.717, 1.165) is 51.6 Å². The van der Waals surface area contributed by atoms with Crippen LogP contribution in [0.25, 0.3) is 0 Å². The predicted octanol–water partition coefficient (Wildman–Crippen LogP) is 3.78. The van der Waals surface area contributed by atoms with Crippen LogP contribution in [0.4, 0.5) is 0 Å². The summed E-state index contributed by atoms with van der Waals surface area (Å²) >= 11 is 0. The first-order valence-corrected chi connectivity index (χ1v) is 11.0. The lowest BCUT2D eigenvalue weighted by Crippen LogP contribution is -2.44. The van der Waals surface area contributed by atoms with Crippen LogP contribution in [0.1, 0.15) is 68.1 Å². The SMILES string of the molecule is O=C(NC1CC1)c1ccccc1OCC1CCCN(C(=O)C2CCCCC2)C1. The zero-order valence-corrected chi connectivity index (χ0v) is 16.7. The highest BCUT2D eigenvalue weighted by atomic mass is 16.5. The Hall–Kier alpha value is -2.04. The summed E-state index contributed by atoms with van der Waals surface area (Å²) < 4.78 is 6.07. The van der Waals surface area contributed by atoms with E-state index in [9.17, 15) is 9.59 Å². The summed E-state index contributed by atoms with van der Waals surface area (Å²) in [4.78, 5) is 27.4. The fourth-order valence-electron chi connectivity index (χ4n) is 4.49. The largest absolute Gasteiger partial charge is 0.492 e. The van der Waals surface area contributed by atoms with Gasteiger partial charge >= 0.3 is 0 Å². The molecule has 1 heterocycles. The second-order valence-corrected chi connectivity index (χ2v) is 8.68. The van der Waals surface area contributed by atoms with Crippen molar-refractivity contribution in [3.63, 3.8) is 0 Å². The van der Waals surface area contributed by atoms with Crippen molar-refractivity contribution in [3.05, 3.63) is 29.8 Å². The quantitative estimate of drug-likeness (QED) is 0.812. The van der Waals surface area contributed by atoms with Crippen LogP contribution in [-0.4, -0.2) is 42.5 Å². The average Bonchev–Trinajstić information content (AvgIpc) is 3.57. The minimum Gasteiger partial charge on any atom is -0.492 e. The fourth-order valence-corrected chi connectivity index (χ4v) is 4.49. The van der Waals surface area contributed by atoms with Crippen molar-refractivity contribution in [2.45, 2.75) is 63.8 Å². The molecule has 0 spiro atoms. The Morgan fingerprint density at radius 3 is 2.57 bits per heavy atom. The van der Waals surface area contributed by atoms with Crippen LogP contribution in [0.5, 0.6) is 5.75 Å². The molecule has 2 amide bonds. The number of likely N-dealkylation sites (tertiary alicyclic amines) is 1. The van der Waals surface area contributed by atoms with Crippen LogP contribution < -0.4 is 10.1 Å². The topological polar surface area (TPSA) is 58.6 Å². The van der Waals surface area contributed by atoms with Gasteiger partial charge in [-0.3, -0.25) is 9.59 Å². The lowest BCUT2D eigenvalue weighted by molar-refractivity contribution is -0.138. The van der Waals surface area contributed by atoms with Gasteiger partial charge in [-0.1, -0.05) is 31.4 Å². The number of nitrogens with one attached hydrogen (secondary N) is 1. The van der Waals surface area contributed by atoms with E-state index in [-0.39, 0.29) is 11.8 Å². The van der Waals surface area contributed by atoms with Gasteiger partial charge in [0.05, 0.1) is 12.2 Å². The first-order valence-electron chi connectivity index (χ1n) is 11.0. The zero-order chi connectivity index (χ0) is 19.3. The van der Waals surface area contributed by atoms with E-state index in [1.54, 1.807) is 0 Å². The van der Waals surface area contributed by atoms with Gasteiger partial charge in [0.25, 0.3) is 5.91 Å². The van der Waals surface area contributed by atoms with Crippen LogP contribution in [0.2, 0.25) is 0 Å². The molecule has 1 aliphatic heterocycles. The van der Waals surface area contributed by atoms with Gasteiger partial charge in [-0.2, -0.15) is 0 Å². The number of benzene rings is 1. The van der Waals surface area contributed by atoms with E-state index >= 15 is 0 Å². The average molecular weight is 385 g/mol. The van der Waals surface area contributed by atoms with Crippen LogP contribution in [0.3, 0.4) is 0 Å². The van der Waals surface area contributed by atoms with Crippen molar-refractivity contribution < 1.29 is 14.3 Å². The molecule has 1 aromatic rings. The third-order valence-electron chi connectivity index (χ3n) is 6.30. The molecule has 1 N–H and O–H groups in total. The Bertz CT molecular complexity index is 695. The first-order chi connectivity index (χ1) is 13.7. The molecule has 28 heavy (non-hydrogen) atoms. The number of para-hydroxylation sites is 1. The summed E-state index contributed by atoms with van der Waals surface area (Å²) in [5.41, 5.74) is 0.611. The number of amides is 2. The van der Waals surface area contributed by atoms with Gasteiger partial charge < -0.3 is 15.0 Å². The molecule has 0 radical (unpaired) electrons. The van der Waals surface area contributed by atoms with Gasteiger partial charge in [0.2, 0.25) is 5.91 Å². The van der Waals surface area contributed by atoms with Crippen LogP contribution >= 0.6 is 0 Å². The highest BCUT2D eigenvalue weighted by Gasteiger charge is 2.30. The molecule has 5 heteroatoms. The lowest BCUT2D eigenvalue weighted by Gasteiger charge is -2.35. The maximum Gasteiger partial charge on any atom is 0.255 e. The van der Waals surface area contributed by atoms with Crippen molar-refractivity contribution in [2.75, 3.05) is 19.7 Å². The van der Waals surface area contributed by atoms with Crippen molar-refractivity contribution in [1.29, 1.82) is 0 Å². The van der Waals surface area contributed by atoms with E-state index in [0.29, 0.717) is 35.8 Å². The van der Waals surface area contributed by atoms with E-state index in [1.165, 1.54) is 19.3 Å². The second-order valence-electron chi connectivity index (χ2n) is 8.68. The minimum atomic E-state index is -0.0455. The number of nitrogens with zero attached hydrogens (tertiary/aromatic N) is 1. The predicted molar refractivity (Wildman–Crippen MR) is 108 cm³/mol. The zero-order valence-electron chi connectivity index (χ0n) is 16.7. The number of hydrogen-bond donors (Lipinski definition) is 1. The van der Waals surface area contributed by atoms with Gasteiger partial charge in [-0.15, -0.1) is 0 Å². The van der Waals surface area contributed by atoms with Crippen LogP contribution in [-0.2, 0) is 4.79 Å². The normalized spacial score (nSPS) is 23.3. The van der Waals surface area contributed by atoms with E-state index in [2.05, 4.69) is 10.2 Å². The van der Waals surface area contributed by atoms with E-state index in [4.69, 9.17) is 4.74 Å². The van der Waals surface area contributed by atoms with Crippen LogP contribution in [0, 0.1) is 11.8 Å². The summed E-state index contributed by atoms with van der Waals surface area (Å²) in [7, 11) is 0. The molecule has 4 rings (SSSR count). The molecule has 2 aliphatic carbocycles. The number of ether oxygens (including phenoxy) is 1. The molecule has 3 fully saturated rings. The first kappa shape index (κ1) is 19.3. The van der Waals surface area contributed by atoms with Crippen molar-refractivity contribution >= 4 is 11.8 Å².